The van der Waals surface area contributed by atoms with Gasteiger partial charge in [0.15, 0.2) is 0 Å². The SMILES string of the molecule is O=C(CCC1CCCC1)N1CCN(C(=O)C2CCCC2)CC1. The van der Waals surface area contributed by atoms with Crippen molar-refractivity contribution in [1.82, 2.24) is 9.80 Å². The Bertz CT molecular complexity index is 390. The summed E-state index contributed by atoms with van der Waals surface area (Å²) in [6.45, 7) is 2.96. The first kappa shape index (κ1) is 15.8. The number of nitrogens with zero attached hydrogens (tertiary/aromatic N) is 2. The van der Waals surface area contributed by atoms with E-state index in [9.17, 15) is 9.59 Å². The third-order valence-electron chi connectivity index (χ3n) is 5.89. The van der Waals surface area contributed by atoms with Crippen LogP contribution in [-0.4, -0.2) is 47.8 Å². The standard InChI is InChI=1S/C18H30N2O2/c21-17(10-9-15-5-1-2-6-15)19-11-13-20(14-12-19)18(22)16-7-3-4-8-16/h15-16H,1-14H2. The first-order valence-corrected chi connectivity index (χ1v) is 9.30. The van der Waals surface area contributed by atoms with Crippen molar-refractivity contribution < 1.29 is 9.59 Å². The Kier molecular flexibility index (Phi) is 5.37. The fourth-order valence-electron chi connectivity index (χ4n) is 4.39. The quantitative estimate of drug-likeness (QED) is 0.801. The largest absolute Gasteiger partial charge is 0.339 e. The summed E-state index contributed by atoms with van der Waals surface area (Å²) >= 11 is 0. The van der Waals surface area contributed by atoms with E-state index in [4.69, 9.17) is 0 Å². The third kappa shape index (κ3) is 3.82. The van der Waals surface area contributed by atoms with Crippen molar-refractivity contribution in [1.29, 1.82) is 0 Å². The molecule has 3 rings (SSSR count). The van der Waals surface area contributed by atoms with E-state index >= 15 is 0 Å². The van der Waals surface area contributed by atoms with Crippen molar-refractivity contribution in [2.75, 3.05) is 26.2 Å². The molecule has 4 nitrogen and oxygen atoms in total. The van der Waals surface area contributed by atoms with Gasteiger partial charge in [0, 0.05) is 38.5 Å². The van der Waals surface area contributed by atoms with Crippen molar-refractivity contribution in [3.05, 3.63) is 0 Å². The number of piperazine rings is 1. The highest BCUT2D eigenvalue weighted by molar-refractivity contribution is 5.80. The Morgan fingerprint density at radius 3 is 1.95 bits per heavy atom. The average molecular weight is 306 g/mol. The summed E-state index contributed by atoms with van der Waals surface area (Å²) in [6.07, 6.45) is 11.7. The molecule has 0 spiro atoms. The summed E-state index contributed by atoms with van der Waals surface area (Å²) < 4.78 is 0. The molecular weight excluding hydrogens is 276 g/mol. The van der Waals surface area contributed by atoms with E-state index < -0.39 is 0 Å². The van der Waals surface area contributed by atoms with Crippen LogP contribution >= 0.6 is 0 Å². The minimum absolute atomic E-state index is 0.268. The van der Waals surface area contributed by atoms with Crippen LogP contribution in [0.15, 0.2) is 0 Å². The highest BCUT2D eigenvalue weighted by Crippen LogP contribution is 2.29. The van der Waals surface area contributed by atoms with Gasteiger partial charge in [-0.15, -0.1) is 0 Å². The molecule has 2 amide bonds. The van der Waals surface area contributed by atoms with Gasteiger partial charge in [-0.2, -0.15) is 0 Å². The Balaban J connectivity index is 1.38. The van der Waals surface area contributed by atoms with E-state index in [0.717, 1.165) is 51.4 Å². The molecule has 0 unspecified atom stereocenters. The van der Waals surface area contributed by atoms with E-state index in [-0.39, 0.29) is 5.92 Å². The van der Waals surface area contributed by atoms with E-state index in [1.165, 1.54) is 38.5 Å². The topological polar surface area (TPSA) is 40.6 Å². The van der Waals surface area contributed by atoms with Crippen LogP contribution in [0.25, 0.3) is 0 Å². The summed E-state index contributed by atoms with van der Waals surface area (Å²) in [5.41, 5.74) is 0. The van der Waals surface area contributed by atoms with Crippen LogP contribution in [0, 0.1) is 11.8 Å². The second-order valence-electron chi connectivity index (χ2n) is 7.38. The second kappa shape index (κ2) is 7.47. The highest BCUT2D eigenvalue weighted by atomic mass is 16.2. The van der Waals surface area contributed by atoms with E-state index in [1.807, 2.05) is 9.80 Å². The summed E-state index contributed by atoms with van der Waals surface area (Å²) in [5, 5.41) is 0. The van der Waals surface area contributed by atoms with E-state index in [1.54, 1.807) is 0 Å². The Labute approximate surface area is 134 Å². The molecule has 3 aliphatic rings. The first-order chi connectivity index (χ1) is 10.7. The Morgan fingerprint density at radius 2 is 1.32 bits per heavy atom. The third-order valence-corrected chi connectivity index (χ3v) is 5.89. The summed E-state index contributed by atoms with van der Waals surface area (Å²) in [5.74, 6) is 1.70. The fraction of sp³-hybridized carbons (Fsp3) is 0.889. The maximum atomic E-state index is 12.4. The van der Waals surface area contributed by atoms with E-state index in [2.05, 4.69) is 0 Å². The minimum Gasteiger partial charge on any atom is -0.339 e. The van der Waals surface area contributed by atoms with Gasteiger partial charge in [-0.1, -0.05) is 38.5 Å². The lowest BCUT2D eigenvalue weighted by molar-refractivity contribution is -0.142. The van der Waals surface area contributed by atoms with Crippen LogP contribution in [0.3, 0.4) is 0 Å². The lowest BCUT2D eigenvalue weighted by Crippen LogP contribution is -2.51. The molecule has 0 aromatic rings. The van der Waals surface area contributed by atoms with Crippen molar-refractivity contribution in [2.45, 2.75) is 64.2 Å². The molecule has 3 fully saturated rings. The van der Waals surface area contributed by atoms with Gasteiger partial charge in [-0.05, 0) is 25.2 Å². The maximum absolute atomic E-state index is 12.4. The number of carbonyl (C=O) groups is 2. The van der Waals surface area contributed by atoms with Crippen LogP contribution in [0.4, 0.5) is 0 Å². The van der Waals surface area contributed by atoms with Crippen LogP contribution in [-0.2, 0) is 9.59 Å². The van der Waals surface area contributed by atoms with Crippen molar-refractivity contribution >= 4 is 11.8 Å². The van der Waals surface area contributed by atoms with E-state index in [0.29, 0.717) is 18.2 Å². The second-order valence-corrected chi connectivity index (χ2v) is 7.38. The van der Waals surface area contributed by atoms with Crippen molar-refractivity contribution in [3.63, 3.8) is 0 Å². The lowest BCUT2D eigenvalue weighted by atomic mass is 10.0. The molecule has 22 heavy (non-hydrogen) atoms. The van der Waals surface area contributed by atoms with Gasteiger partial charge in [0.05, 0.1) is 0 Å². The smallest absolute Gasteiger partial charge is 0.225 e. The van der Waals surface area contributed by atoms with Gasteiger partial charge < -0.3 is 9.80 Å². The Hall–Kier alpha value is -1.06. The normalized spacial score (nSPS) is 24.2. The number of rotatable bonds is 4. The van der Waals surface area contributed by atoms with Gasteiger partial charge in [-0.3, -0.25) is 9.59 Å². The summed E-state index contributed by atoms with van der Waals surface area (Å²) in [4.78, 5) is 28.7. The summed E-state index contributed by atoms with van der Waals surface area (Å²) in [6, 6.07) is 0. The monoisotopic (exact) mass is 306 g/mol. The Morgan fingerprint density at radius 1 is 0.773 bits per heavy atom. The molecule has 2 saturated carbocycles. The van der Waals surface area contributed by atoms with Crippen molar-refractivity contribution in [3.8, 4) is 0 Å². The number of hydrogen-bond acceptors (Lipinski definition) is 2. The lowest BCUT2D eigenvalue weighted by Gasteiger charge is -2.36. The summed E-state index contributed by atoms with van der Waals surface area (Å²) in [7, 11) is 0. The van der Waals surface area contributed by atoms with Gasteiger partial charge in [0.1, 0.15) is 0 Å². The zero-order chi connectivity index (χ0) is 15.4. The van der Waals surface area contributed by atoms with Gasteiger partial charge in [0.2, 0.25) is 11.8 Å². The molecule has 1 aliphatic heterocycles. The zero-order valence-electron chi connectivity index (χ0n) is 13.8. The molecule has 2 aliphatic carbocycles. The van der Waals surface area contributed by atoms with Crippen molar-refractivity contribution in [2.24, 2.45) is 11.8 Å². The maximum Gasteiger partial charge on any atom is 0.225 e. The average Bonchev–Trinajstić information content (AvgIpc) is 3.25. The fourth-order valence-corrected chi connectivity index (χ4v) is 4.39. The number of carbonyl (C=O) groups excluding carboxylic acids is 2. The number of amides is 2. The predicted octanol–water partition coefficient (Wildman–Crippen LogP) is 2.82. The molecule has 0 bridgehead atoms. The molecule has 0 atom stereocenters. The molecule has 124 valence electrons. The number of hydrogen-bond donors (Lipinski definition) is 0. The zero-order valence-corrected chi connectivity index (χ0v) is 13.8. The minimum atomic E-state index is 0.268. The molecule has 1 heterocycles. The molecule has 1 saturated heterocycles. The van der Waals surface area contributed by atoms with Crippen LogP contribution in [0.2, 0.25) is 0 Å². The molecule has 0 aromatic carbocycles. The molecule has 0 radical (unpaired) electrons. The van der Waals surface area contributed by atoms with Gasteiger partial charge in [-0.25, -0.2) is 0 Å². The predicted molar refractivity (Wildman–Crippen MR) is 86.3 cm³/mol. The first-order valence-electron chi connectivity index (χ1n) is 9.30. The highest BCUT2D eigenvalue weighted by Gasteiger charge is 2.30. The molecule has 4 heteroatoms. The molecule has 0 N–H and O–H groups in total. The van der Waals surface area contributed by atoms with Gasteiger partial charge >= 0.3 is 0 Å². The van der Waals surface area contributed by atoms with Crippen LogP contribution in [0.5, 0.6) is 0 Å². The molecular formula is C18H30N2O2. The molecule has 0 aromatic heterocycles. The van der Waals surface area contributed by atoms with Crippen LogP contribution < -0.4 is 0 Å². The van der Waals surface area contributed by atoms with Crippen LogP contribution in [0.1, 0.15) is 64.2 Å². The van der Waals surface area contributed by atoms with Gasteiger partial charge in [0.25, 0.3) is 0 Å².